The van der Waals surface area contributed by atoms with Crippen LogP contribution in [0.2, 0.25) is 0 Å². The highest BCUT2D eigenvalue weighted by Gasteiger charge is 2.36. The van der Waals surface area contributed by atoms with Crippen LogP contribution < -0.4 is 14.9 Å². The van der Waals surface area contributed by atoms with E-state index in [4.69, 9.17) is 0 Å². The van der Waals surface area contributed by atoms with Crippen LogP contribution in [0.3, 0.4) is 0 Å². The lowest BCUT2D eigenvalue weighted by Gasteiger charge is -2.17. The Kier molecular flexibility index (Phi) is 5.88. The molecule has 1 aliphatic rings. The van der Waals surface area contributed by atoms with E-state index in [9.17, 15) is 22.4 Å². The smallest absolute Gasteiger partial charge is 0.232 e. The highest BCUT2D eigenvalue weighted by atomic mass is 32.2. The van der Waals surface area contributed by atoms with Crippen LogP contribution >= 0.6 is 0 Å². The van der Waals surface area contributed by atoms with Gasteiger partial charge in [-0.15, -0.1) is 0 Å². The van der Waals surface area contributed by atoms with Gasteiger partial charge < -0.3 is 10.2 Å². The Labute approximate surface area is 169 Å². The van der Waals surface area contributed by atoms with E-state index >= 15 is 0 Å². The maximum Gasteiger partial charge on any atom is 0.232 e. The highest BCUT2D eigenvalue weighted by molar-refractivity contribution is 7.92. The molecule has 0 bridgehead atoms. The van der Waals surface area contributed by atoms with Crippen LogP contribution in [-0.4, -0.2) is 32.5 Å². The van der Waals surface area contributed by atoms with Crippen LogP contribution in [0.15, 0.2) is 42.5 Å². The Morgan fingerprint density at radius 1 is 1.24 bits per heavy atom. The fourth-order valence-electron chi connectivity index (χ4n) is 3.13. The number of halogens is 1. The number of rotatable bonds is 6. The summed E-state index contributed by atoms with van der Waals surface area (Å²) in [6.07, 6.45) is -0.00642. The van der Waals surface area contributed by atoms with Crippen LogP contribution in [-0.2, 0) is 19.6 Å². The van der Waals surface area contributed by atoms with E-state index in [2.05, 4.69) is 10.0 Å². The molecule has 1 unspecified atom stereocenters. The van der Waals surface area contributed by atoms with Gasteiger partial charge in [0.25, 0.3) is 0 Å². The molecule has 0 saturated carbocycles. The summed E-state index contributed by atoms with van der Waals surface area (Å²) in [6, 6.07) is 10.8. The van der Waals surface area contributed by atoms with E-state index in [-0.39, 0.29) is 36.2 Å². The Morgan fingerprint density at radius 3 is 2.62 bits per heavy atom. The van der Waals surface area contributed by atoms with Crippen LogP contribution in [0, 0.1) is 18.7 Å². The largest absolute Gasteiger partial charge is 0.326 e. The fourth-order valence-corrected chi connectivity index (χ4v) is 3.84. The number of sulfonamides is 1. The molecule has 2 amide bonds. The molecule has 2 N–H and O–H groups in total. The quantitative estimate of drug-likeness (QED) is 0.753. The summed E-state index contributed by atoms with van der Waals surface area (Å²) in [7, 11) is -3.40. The van der Waals surface area contributed by atoms with Crippen molar-refractivity contribution in [3.05, 3.63) is 53.8 Å². The lowest BCUT2D eigenvalue weighted by molar-refractivity contribution is -0.122. The van der Waals surface area contributed by atoms with Gasteiger partial charge in [0.15, 0.2) is 0 Å². The number of amides is 2. The Bertz CT molecular complexity index is 1060. The normalized spacial score (nSPS) is 16.7. The zero-order chi connectivity index (χ0) is 21.2. The molecule has 1 aliphatic heterocycles. The van der Waals surface area contributed by atoms with Gasteiger partial charge in [0.2, 0.25) is 21.8 Å². The second-order valence-electron chi connectivity index (χ2n) is 6.88. The Balaban J connectivity index is 1.69. The van der Waals surface area contributed by atoms with Gasteiger partial charge in [-0.3, -0.25) is 14.3 Å². The van der Waals surface area contributed by atoms with Crippen LogP contribution in [0.4, 0.5) is 21.5 Å². The number of carbonyl (C=O) groups is 2. The first-order valence-electron chi connectivity index (χ1n) is 9.17. The maximum atomic E-state index is 14.0. The van der Waals surface area contributed by atoms with Crippen molar-refractivity contribution >= 4 is 38.9 Å². The second kappa shape index (κ2) is 8.20. The van der Waals surface area contributed by atoms with Crippen molar-refractivity contribution in [2.24, 2.45) is 5.92 Å². The third-order valence-electron chi connectivity index (χ3n) is 4.78. The predicted octanol–water partition coefficient (Wildman–Crippen LogP) is 2.89. The number of nitrogens with one attached hydrogen (secondary N) is 2. The lowest BCUT2D eigenvalue weighted by atomic mass is 10.1. The van der Waals surface area contributed by atoms with Crippen molar-refractivity contribution in [2.75, 3.05) is 27.2 Å². The molecule has 7 nitrogen and oxygen atoms in total. The average molecular weight is 419 g/mol. The molecule has 2 aromatic rings. The summed E-state index contributed by atoms with van der Waals surface area (Å²) in [5.41, 5.74) is 1.74. The summed E-state index contributed by atoms with van der Waals surface area (Å²) < 4.78 is 39.9. The molecule has 1 atom stereocenters. The predicted molar refractivity (Wildman–Crippen MR) is 110 cm³/mol. The van der Waals surface area contributed by atoms with Gasteiger partial charge in [-0.1, -0.05) is 12.1 Å². The van der Waals surface area contributed by atoms with E-state index in [0.717, 1.165) is 0 Å². The Hall–Kier alpha value is -2.94. The zero-order valence-electron chi connectivity index (χ0n) is 16.1. The minimum Gasteiger partial charge on any atom is -0.326 e. The summed E-state index contributed by atoms with van der Waals surface area (Å²) in [5.74, 6) is -1.82. The van der Waals surface area contributed by atoms with E-state index in [1.807, 2.05) is 0 Å². The minimum absolute atomic E-state index is 0.00642. The van der Waals surface area contributed by atoms with Crippen LogP contribution in [0.1, 0.15) is 18.9 Å². The molecule has 9 heteroatoms. The van der Waals surface area contributed by atoms with Crippen molar-refractivity contribution in [2.45, 2.75) is 20.3 Å². The topological polar surface area (TPSA) is 95.6 Å². The van der Waals surface area contributed by atoms with E-state index < -0.39 is 21.8 Å². The summed E-state index contributed by atoms with van der Waals surface area (Å²) in [5, 5.41) is 2.75. The number of hydrogen-bond donors (Lipinski definition) is 2. The van der Waals surface area contributed by atoms with Gasteiger partial charge in [-0.25, -0.2) is 12.8 Å². The third-order valence-corrected chi connectivity index (χ3v) is 6.07. The molecule has 1 fully saturated rings. The second-order valence-corrected chi connectivity index (χ2v) is 8.89. The maximum absolute atomic E-state index is 14.0. The van der Waals surface area contributed by atoms with Gasteiger partial charge in [0.05, 0.1) is 23.0 Å². The number of para-hydroxylation sites is 1. The number of benzene rings is 2. The average Bonchev–Trinajstić information content (AvgIpc) is 3.06. The SMILES string of the molecule is CCS(=O)(=O)Nc1ccc(NC(=O)C2CC(=O)N(c3ccccc3F)C2)cc1C. The van der Waals surface area contributed by atoms with Crippen LogP contribution in [0.25, 0.3) is 0 Å². The summed E-state index contributed by atoms with van der Waals surface area (Å²) in [4.78, 5) is 26.2. The molecule has 0 radical (unpaired) electrons. The van der Waals surface area contributed by atoms with Crippen molar-refractivity contribution in [1.29, 1.82) is 0 Å². The van der Waals surface area contributed by atoms with Gasteiger partial charge in [0, 0.05) is 18.7 Å². The Morgan fingerprint density at radius 2 is 1.97 bits per heavy atom. The van der Waals surface area contributed by atoms with E-state index in [1.165, 1.54) is 23.1 Å². The van der Waals surface area contributed by atoms with Crippen molar-refractivity contribution in [3.63, 3.8) is 0 Å². The number of aryl methyl sites for hydroxylation is 1. The van der Waals surface area contributed by atoms with Gasteiger partial charge in [-0.2, -0.15) is 0 Å². The highest BCUT2D eigenvalue weighted by Crippen LogP contribution is 2.28. The number of hydrogen-bond acceptors (Lipinski definition) is 4. The van der Waals surface area contributed by atoms with Crippen molar-refractivity contribution in [3.8, 4) is 0 Å². The monoisotopic (exact) mass is 419 g/mol. The molecule has 3 rings (SSSR count). The van der Waals surface area contributed by atoms with Gasteiger partial charge in [-0.05, 0) is 49.7 Å². The molecule has 154 valence electrons. The fraction of sp³-hybridized carbons (Fsp3) is 0.300. The summed E-state index contributed by atoms with van der Waals surface area (Å²) >= 11 is 0. The number of carbonyl (C=O) groups excluding carboxylic acids is 2. The molecule has 0 spiro atoms. The summed E-state index contributed by atoms with van der Waals surface area (Å²) in [6.45, 7) is 3.36. The number of anilines is 3. The first kappa shape index (κ1) is 20.8. The third kappa shape index (κ3) is 4.73. The zero-order valence-corrected chi connectivity index (χ0v) is 16.9. The minimum atomic E-state index is -3.40. The molecule has 0 aliphatic carbocycles. The first-order valence-corrected chi connectivity index (χ1v) is 10.8. The molecule has 2 aromatic carbocycles. The van der Waals surface area contributed by atoms with Gasteiger partial charge in [0.1, 0.15) is 5.82 Å². The van der Waals surface area contributed by atoms with Crippen molar-refractivity contribution < 1.29 is 22.4 Å². The number of nitrogens with zero attached hydrogens (tertiary/aromatic N) is 1. The van der Waals surface area contributed by atoms with E-state index in [1.54, 1.807) is 38.1 Å². The molecule has 1 saturated heterocycles. The molecular formula is C20H22FN3O4S. The van der Waals surface area contributed by atoms with Crippen LogP contribution in [0.5, 0.6) is 0 Å². The van der Waals surface area contributed by atoms with Crippen molar-refractivity contribution in [1.82, 2.24) is 0 Å². The molecule has 29 heavy (non-hydrogen) atoms. The lowest BCUT2D eigenvalue weighted by Crippen LogP contribution is -2.28. The standard InChI is InChI=1S/C20H22FN3O4S/c1-3-29(27,28)23-17-9-8-15(10-13(17)2)22-20(26)14-11-19(25)24(12-14)18-7-5-4-6-16(18)21/h4-10,14,23H,3,11-12H2,1-2H3,(H,22,26). The molecule has 0 aromatic heterocycles. The molecular weight excluding hydrogens is 397 g/mol. The van der Waals surface area contributed by atoms with E-state index in [0.29, 0.717) is 16.9 Å². The first-order chi connectivity index (χ1) is 13.7. The van der Waals surface area contributed by atoms with Gasteiger partial charge >= 0.3 is 0 Å². The molecule has 1 heterocycles.